The topological polar surface area (TPSA) is 29.5 Å². The largest absolute Gasteiger partial charge is 0.496 e. The minimum atomic E-state index is 0.200. The average molecular weight is 231 g/mol. The molecule has 1 aliphatic carbocycles. The summed E-state index contributed by atoms with van der Waals surface area (Å²) in [7, 11) is 3.58. The number of nitrogens with zero attached hydrogens (tertiary/aromatic N) is 1. The van der Waals surface area contributed by atoms with Crippen LogP contribution in [-0.2, 0) is 17.6 Å². The molecule has 0 saturated heterocycles. The molecule has 0 aromatic heterocycles. The van der Waals surface area contributed by atoms with Crippen LogP contribution in [0.5, 0.6) is 5.75 Å². The van der Waals surface area contributed by atoms with Gasteiger partial charge in [0.2, 0.25) is 5.91 Å². The minimum Gasteiger partial charge on any atom is -0.496 e. The lowest BCUT2D eigenvalue weighted by atomic mass is 9.94. The van der Waals surface area contributed by atoms with Gasteiger partial charge in [0.1, 0.15) is 5.75 Å². The highest BCUT2D eigenvalue weighted by Gasteiger charge is 2.33. The Kier molecular flexibility index (Phi) is 2.35. The van der Waals surface area contributed by atoms with Gasteiger partial charge >= 0.3 is 0 Å². The van der Waals surface area contributed by atoms with E-state index in [4.69, 9.17) is 4.74 Å². The van der Waals surface area contributed by atoms with Crippen LogP contribution in [0, 0.1) is 0 Å². The number of hydrogen-bond acceptors (Lipinski definition) is 2. The van der Waals surface area contributed by atoms with Crippen molar-refractivity contribution in [3.8, 4) is 5.75 Å². The molecule has 1 heterocycles. The van der Waals surface area contributed by atoms with Crippen LogP contribution in [0.25, 0.3) is 0 Å². The Bertz CT molecular complexity index is 481. The molecule has 1 aliphatic heterocycles. The van der Waals surface area contributed by atoms with Gasteiger partial charge in [-0.05, 0) is 30.0 Å². The van der Waals surface area contributed by atoms with E-state index in [9.17, 15) is 4.79 Å². The van der Waals surface area contributed by atoms with Crippen LogP contribution >= 0.6 is 0 Å². The fourth-order valence-electron chi connectivity index (χ4n) is 3.17. The molecule has 0 N–H and O–H groups in total. The Labute approximate surface area is 101 Å². The number of carbonyl (C=O) groups excluding carboxylic acids is 1. The van der Waals surface area contributed by atoms with Crippen LogP contribution in [-0.4, -0.2) is 31.5 Å². The zero-order chi connectivity index (χ0) is 12.0. The molecule has 0 fully saturated rings. The van der Waals surface area contributed by atoms with Gasteiger partial charge in [0.05, 0.1) is 13.5 Å². The molecule has 3 rings (SSSR count). The van der Waals surface area contributed by atoms with Gasteiger partial charge in [0.25, 0.3) is 0 Å². The van der Waals surface area contributed by atoms with Crippen molar-refractivity contribution < 1.29 is 9.53 Å². The maximum absolute atomic E-state index is 12.0. The number of benzene rings is 1. The first-order chi connectivity index (χ1) is 8.20. The fraction of sp³-hybridized carbons (Fsp3) is 0.500. The zero-order valence-electron chi connectivity index (χ0n) is 10.3. The summed E-state index contributed by atoms with van der Waals surface area (Å²) in [4.78, 5) is 13.9. The Morgan fingerprint density at radius 1 is 1.41 bits per heavy atom. The summed E-state index contributed by atoms with van der Waals surface area (Å²) in [5.41, 5.74) is 3.93. The molecular weight excluding hydrogens is 214 g/mol. The van der Waals surface area contributed by atoms with Crippen LogP contribution in [0.15, 0.2) is 12.1 Å². The van der Waals surface area contributed by atoms with Gasteiger partial charge in [-0.15, -0.1) is 0 Å². The first kappa shape index (κ1) is 10.6. The second-order valence-electron chi connectivity index (χ2n) is 5.01. The van der Waals surface area contributed by atoms with Crippen molar-refractivity contribution in [1.82, 2.24) is 4.90 Å². The second-order valence-corrected chi connectivity index (χ2v) is 5.01. The number of ether oxygens (including phenoxy) is 1. The van der Waals surface area contributed by atoms with E-state index in [0.717, 1.165) is 30.7 Å². The number of amides is 1. The van der Waals surface area contributed by atoms with E-state index in [1.165, 1.54) is 11.1 Å². The first-order valence-corrected chi connectivity index (χ1v) is 6.13. The van der Waals surface area contributed by atoms with E-state index in [-0.39, 0.29) is 5.91 Å². The molecule has 1 atom stereocenters. The van der Waals surface area contributed by atoms with Crippen LogP contribution in [0.1, 0.15) is 29.0 Å². The maximum atomic E-state index is 12.0. The van der Waals surface area contributed by atoms with Gasteiger partial charge in [-0.3, -0.25) is 4.79 Å². The summed E-state index contributed by atoms with van der Waals surface area (Å²) >= 11 is 0. The lowest BCUT2D eigenvalue weighted by Crippen LogP contribution is -2.29. The van der Waals surface area contributed by atoms with Crippen LogP contribution in [0.4, 0.5) is 0 Å². The van der Waals surface area contributed by atoms with Gasteiger partial charge < -0.3 is 9.64 Å². The third-order valence-corrected chi connectivity index (χ3v) is 4.04. The van der Waals surface area contributed by atoms with E-state index >= 15 is 0 Å². The van der Waals surface area contributed by atoms with Crippen molar-refractivity contribution in [2.75, 3.05) is 20.7 Å². The van der Waals surface area contributed by atoms with E-state index in [2.05, 4.69) is 6.07 Å². The fourth-order valence-corrected chi connectivity index (χ4v) is 3.17. The van der Waals surface area contributed by atoms with Crippen molar-refractivity contribution >= 4 is 5.91 Å². The molecule has 0 radical (unpaired) electrons. The Balaban J connectivity index is 2.17. The van der Waals surface area contributed by atoms with Crippen molar-refractivity contribution in [3.63, 3.8) is 0 Å². The molecule has 17 heavy (non-hydrogen) atoms. The number of aryl methyl sites for hydroxylation is 1. The van der Waals surface area contributed by atoms with E-state index in [1.54, 1.807) is 7.11 Å². The van der Waals surface area contributed by atoms with E-state index in [0.29, 0.717) is 12.3 Å². The predicted octanol–water partition coefficient (Wildman–Crippen LogP) is 1.74. The van der Waals surface area contributed by atoms with Crippen molar-refractivity contribution in [2.24, 2.45) is 0 Å². The second kappa shape index (κ2) is 3.76. The highest BCUT2D eigenvalue weighted by Crippen LogP contribution is 2.41. The summed E-state index contributed by atoms with van der Waals surface area (Å²) < 4.78 is 5.41. The summed E-state index contributed by atoms with van der Waals surface area (Å²) in [6.07, 6.45) is 2.78. The van der Waals surface area contributed by atoms with Gasteiger partial charge in [0, 0.05) is 25.1 Å². The maximum Gasteiger partial charge on any atom is 0.226 e. The van der Waals surface area contributed by atoms with Crippen molar-refractivity contribution in [1.29, 1.82) is 0 Å². The normalized spacial score (nSPS) is 22.4. The Hall–Kier alpha value is -1.51. The molecule has 1 aromatic rings. The summed E-state index contributed by atoms with van der Waals surface area (Å²) in [5.74, 6) is 1.58. The summed E-state index contributed by atoms with van der Waals surface area (Å²) in [6, 6.07) is 4.17. The molecular formula is C14H17NO2. The first-order valence-electron chi connectivity index (χ1n) is 6.13. The Morgan fingerprint density at radius 2 is 2.24 bits per heavy atom. The lowest BCUT2D eigenvalue weighted by molar-refractivity contribution is -0.129. The minimum absolute atomic E-state index is 0.200. The van der Waals surface area contributed by atoms with E-state index < -0.39 is 0 Å². The van der Waals surface area contributed by atoms with Gasteiger partial charge in [-0.1, -0.05) is 6.07 Å². The van der Waals surface area contributed by atoms with E-state index in [1.807, 2.05) is 18.0 Å². The third-order valence-electron chi connectivity index (χ3n) is 4.04. The molecule has 3 heteroatoms. The monoisotopic (exact) mass is 231 g/mol. The van der Waals surface area contributed by atoms with Gasteiger partial charge in [-0.25, -0.2) is 0 Å². The lowest BCUT2D eigenvalue weighted by Gasteiger charge is -2.17. The number of likely N-dealkylation sites (N-methyl/N-ethyl adjacent to an activating group) is 1. The van der Waals surface area contributed by atoms with Crippen LogP contribution in [0.3, 0.4) is 0 Å². The number of hydrogen-bond donors (Lipinski definition) is 0. The van der Waals surface area contributed by atoms with Gasteiger partial charge in [0.15, 0.2) is 0 Å². The van der Waals surface area contributed by atoms with Gasteiger partial charge in [-0.2, -0.15) is 0 Å². The Morgan fingerprint density at radius 3 is 3.00 bits per heavy atom. The summed E-state index contributed by atoms with van der Waals surface area (Å²) in [6.45, 7) is 0.853. The van der Waals surface area contributed by atoms with Crippen LogP contribution in [0.2, 0.25) is 0 Å². The van der Waals surface area contributed by atoms with Crippen molar-refractivity contribution in [2.45, 2.75) is 25.2 Å². The number of rotatable bonds is 1. The molecule has 90 valence electrons. The average Bonchev–Trinajstić information content (AvgIpc) is 2.67. The van der Waals surface area contributed by atoms with Crippen LogP contribution < -0.4 is 4.74 Å². The smallest absolute Gasteiger partial charge is 0.226 e. The summed E-state index contributed by atoms with van der Waals surface area (Å²) in [5, 5.41) is 0. The standard InChI is InChI=1S/C14H17NO2/c1-15-8-10-4-3-9-5-6-12(17-2)11(14(9)10)7-13(15)16/h5-6,10H,3-4,7-8H2,1-2H3. The highest BCUT2D eigenvalue weighted by atomic mass is 16.5. The van der Waals surface area contributed by atoms with Crippen molar-refractivity contribution in [3.05, 3.63) is 28.8 Å². The zero-order valence-corrected chi connectivity index (χ0v) is 10.3. The molecule has 1 unspecified atom stereocenters. The molecule has 0 spiro atoms. The number of carbonyl (C=O) groups is 1. The molecule has 3 nitrogen and oxygen atoms in total. The number of methoxy groups -OCH3 is 1. The highest BCUT2D eigenvalue weighted by molar-refractivity contribution is 5.81. The molecule has 0 bridgehead atoms. The molecule has 1 aromatic carbocycles. The quantitative estimate of drug-likeness (QED) is 0.736. The predicted molar refractivity (Wildman–Crippen MR) is 65.4 cm³/mol. The molecule has 1 amide bonds. The third kappa shape index (κ3) is 1.53. The molecule has 0 saturated carbocycles. The molecule has 2 aliphatic rings. The SMILES string of the molecule is COc1ccc2c3c1CC(=O)N(C)CC3CC2.